The zero-order chi connectivity index (χ0) is 27.8. The Kier molecular flexibility index (Phi) is 6.92. The number of carbonyl (C=O) groups excluding carboxylic acids is 2. The van der Waals surface area contributed by atoms with Gasteiger partial charge in [-0.15, -0.1) is 13.2 Å². The SMILES string of the molecule is COc1ccc(/C(O)=C2/C(=O)C(=O)N(c3cccc(OC(F)(F)F)c3)C2c2ccncc2)cc1C(C)(C)C. The second-order valence-corrected chi connectivity index (χ2v) is 9.66. The molecule has 0 radical (unpaired) electrons. The van der Waals surface area contributed by atoms with Gasteiger partial charge < -0.3 is 14.6 Å². The third-order valence-electron chi connectivity index (χ3n) is 6.08. The van der Waals surface area contributed by atoms with Crippen LogP contribution in [0.1, 0.15) is 43.5 Å². The van der Waals surface area contributed by atoms with Gasteiger partial charge in [0.1, 0.15) is 17.3 Å². The quantitative estimate of drug-likeness (QED) is 0.253. The van der Waals surface area contributed by atoms with Gasteiger partial charge in [0.05, 0.1) is 18.7 Å². The van der Waals surface area contributed by atoms with Crippen LogP contribution in [0.3, 0.4) is 0 Å². The van der Waals surface area contributed by atoms with Crippen molar-refractivity contribution in [1.82, 2.24) is 4.98 Å². The maximum Gasteiger partial charge on any atom is 0.573 e. The van der Waals surface area contributed by atoms with Crippen LogP contribution >= 0.6 is 0 Å². The third kappa shape index (κ3) is 5.20. The molecular weight excluding hydrogens is 501 g/mol. The number of Topliss-reactive ketones (excluding diaryl/α,β-unsaturated/α-hetero) is 1. The number of pyridine rings is 1. The lowest BCUT2D eigenvalue weighted by Crippen LogP contribution is -2.29. The van der Waals surface area contributed by atoms with Gasteiger partial charge in [-0.05, 0) is 53.4 Å². The first-order chi connectivity index (χ1) is 17.8. The fourth-order valence-electron chi connectivity index (χ4n) is 4.39. The standard InChI is InChI=1S/C28H25F3N2O5/c1-27(2,3)20-14-17(8-9-21(20)37-4)24(34)22-23(16-10-12-32-13-11-16)33(26(36)25(22)35)18-6-5-7-19(15-18)38-28(29,30)31/h5-15,23,34H,1-4H3/b24-22-. The molecule has 1 fully saturated rings. The minimum atomic E-state index is -4.95. The van der Waals surface area contributed by atoms with Gasteiger partial charge in [-0.25, -0.2) is 0 Å². The number of anilines is 1. The Morgan fingerprint density at radius 3 is 2.29 bits per heavy atom. The molecule has 0 bridgehead atoms. The average molecular weight is 527 g/mol. The number of aliphatic hydroxyl groups is 1. The highest BCUT2D eigenvalue weighted by molar-refractivity contribution is 6.51. The van der Waals surface area contributed by atoms with E-state index in [0.29, 0.717) is 11.3 Å². The molecule has 4 rings (SSSR count). The number of hydrogen-bond acceptors (Lipinski definition) is 6. The van der Waals surface area contributed by atoms with Crippen LogP contribution in [0.2, 0.25) is 0 Å². The van der Waals surface area contributed by atoms with Crippen LogP contribution in [0.5, 0.6) is 11.5 Å². The van der Waals surface area contributed by atoms with E-state index in [2.05, 4.69) is 9.72 Å². The smallest absolute Gasteiger partial charge is 0.507 e. The molecule has 3 aromatic rings. The minimum absolute atomic E-state index is 0.0141. The van der Waals surface area contributed by atoms with Gasteiger partial charge in [0.15, 0.2) is 0 Å². The average Bonchev–Trinajstić information content (AvgIpc) is 3.12. The molecule has 7 nitrogen and oxygen atoms in total. The third-order valence-corrected chi connectivity index (χ3v) is 6.08. The first-order valence-electron chi connectivity index (χ1n) is 11.6. The Balaban J connectivity index is 1.91. The molecule has 10 heteroatoms. The molecule has 0 aliphatic carbocycles. The van der Waals surface area contributed by atoms with E-state index in [4.69, 9.17) is 4.74 Å². The summed E-state index contributed by atoms with van der Waals surface area (Å²) in [5.41, 5.74) is 0.857. The molecule has 198 valence electrons. The molecule has 1 aliphatic heterocycles. The Labute approximate surface area is 217 Å². The summed E-state index contributed by atoms with van der Waals surface area (Å²) in [5.74, 6) is -2.40. The minimum Gasteiger partial charge on any atom is -0.507 e. The fourth-order valence-corrected chi connectivity index (χ4v) is 4.39. The van der Waals surface area contributed by atoms with Crippen LogP contribution in [0, 0.1) is 0 Å². The first kappa shape index (κ1) is 26.7. The van der Waals surface area contributed by atoms with Crippen molar-refractivity contribution in [2.45, 2.75) is 38.6 Å². The predicted octanol–water partition coefficient (Wildman–Crippen LogP) is 5.91. The van der Waals surface area contributed by atoms with Crippen LogP contribution in [-0.2, 0) is 15.0 Å². The summed E-state index contributed by atoms with van der Waals surface area (Å²) >= 11 is 0. The molecule has 0 spiro atoms. The van der Waals surface area contributed by atoms with E-state index in [1.165, 1.54) is 31.6 Å². The van der Waals surface area contributed by atoms with E-state index in [1.54, 1.807) is 30.3 Å². The molecule has 1 aromatic heterocycles. The molecule has 2 aromatic carbocycles. The zero-order valence-electron chi connectivity index (χ0n) is 21.0. The predicted molar refractivity (Wildman–Crippen MR) is 134 cm³/mol. The summed E-state index contributed by atoms with van der Waals surface area (Å²) in [6, 6.07) is 11.6. The summed E-state index contributed by atoms with van der Waals surface area (Å²) in [7, 11) is 1.52. The van der Waals surface area contributed by atoms with Gasteiger partial charge in [0.25, 0.3) is 11.7 Å². The Morgan fingerprint density at radius 2 is 1.68 bits per heavy atom. The Hall–Kier alpha value is -4.34. The normalized spacial score (nSPS) is 17.6. The van der Waals surface area contributed by atoms with Crippen molar-refractivity contribution in [2.75, 3.05) is 12.0 Å². The molecule has 1 aliphatic rings. The van der Waals surface area contributed by atoms with Crippen LogP contribution < -0.4 is 14.4 Å². The van der Waals surface area contributed by atoms with Gasteiger partial charge in [-0.3, -0.25) is 19.5 Å². The first-order valence-corrected chi connectivity index (χ1v) is 11.6. The Bertz CT molecular complexity index is 1410. The number of amides is 1. The van der Waals surface area contributed by atoms with E-state index in [-0.39, 0.29) is 22.2 Å². The molecule has 2 heterocycles. The van der Waals surface area contributed by atoms with E-state index in [9.17, 15) is 27.9 Å². The zero-order valence-corrected chi connectivity index (χ0v) is 21.0. The van der Waals surface area contributed by atoms with Crippen molar-refractivity contribution < 1.29 is 37.3 Å². The number of aromatic nitrogens is 1. The van der Waals surface area contributed by atoms with Crippen LogP contribution in [0.15, 0.2) is 72.6 Å². The number of rotatable bonds is 5. The highest BCUT2D eigenvalue weighted by Gasteiger charge is 2.47. The van der Waals surface area contributed by atoms with Crippen molar-refractivity contribution in [3.05, 3.63) is 89.3 Å². The number of methoxy groups -OCH3 is 1. The van der Waals surface area contributed by atoms with Crippen LogP contribution in [-0.4, -0.2) is 35.3 Å². The second-order valence-electron chi connectivity index (χ2n) is 9.66. The van der Waals surface area contributed by atoms with Crippen molar-refractivity contribution in [1.29, 1.82) is 0 Å². The van der Waals surface area contributed by atoms with Crippen LogP contribution in [0.25, 0.3) is 5.76 Å². The molecule has 1 saturated heterocycles. The summed E-state index contributed by atoms with van der Waals surface area (Å²) in [4.78, 5) is 31.6. The lowest BCUT2D eigenvalue weighted by Gasteiger charge is -2.26. The van der Waals surface area contributed by atoms with Crippen molar-refractivity contribution in [3.63, 3.8) is 0 Å². The molecule has 38 heavy (non-hydrogen) atoms. The largest absolute Gasteiger partial charge is 0.573 e. The molecule has 1 N–H and O–H groups in total. The number of ether oxygens (including phenoxy) is 2. The van der Waals surface area contributed by atoms with Crippen molar-refractivity contribution in [2.24, 2.45) is 0 Å². The lowest BCUT2D eigenvalue weighted by atomic mass is 9.84. The molecule has 1 atom stereocenters. The number of nitrogens with zero attached hydrogens (tertiary/aromatic N) is 2. The van der Waals surface area contributed by atoms with Gasteiger partial charge in [0, 0.05) is 35.3 Å². The number of aliphatic hydroxyl groups excluding tert-OH is 1. The number of alkyl halides is 3. The van der Waals surface area contributed by atoms with Gasteiger partial charge >= 0.3 is 6.36 Å². The van der Waals surface area contributed by atoms with Gasteiger partial charge in [-0.1, -0.05) is 26.8 Å². The van der Waals surface area contributed by atoms with Crippen LogP contribution in [0.4, 0.5) is 18.9 Å². The van der Waals surface area contributed by atoms with Gasteiger partial charge in [-0.2, -0.15) is 0 Å². The molecule has 1 amide bonds. The summed E-state index contributed by atoms with van der Waals surface area (Å²) < 4.78 is 48.0. The highest BCUT2D eigenvalue weighted by Crippen LogP contribution is 2.44. The topological polar surface area (TPSA) is 89.0 Å². The summed E-state index contributed by atoms with van der Waals surface area (Å²) in [6.07, 6.45) is -2.05. The molecule has 1 unspecified atom stereocenters. The highest BCUT2D eigenvalue weighted by atomic mass is 19.4. The van der Waals surface area contributed by atoms with E-state index in [1.807, 2.05) is 20.8 Å². The fraction of sp³-hybridized carbons (Fsp3) is 0.250. The number of hydrogen-bond donors (Lipinski definition) is 1. The van der Waals surface area contributed by atoms with E-state index in [0.717, 1.165) is 22.6 Å². The number of ketones is 1. The van der Waals surface area contributed by atoms with Crippen molar-refractivity contribution >= 4 is 23.1 Å². The monoisotopic (exact) mass is 526 g/mol. The molecular formula is C28H25F3N2O5. The van der Waals surface area contributed by atoms with Crippen molar-refractivity contribution in [3.8, 4) is 11.5 Å². The maximum atomic E-state index is 13.3. The second kappa shape index (κ2) is 9.85. The number of carbonyl (C=O) groups is 2. The van der Waals surface area contributed by atoms with Gasteiger partial charge in [0.2, 0.25) is 0 Å². The number of benzene rings is 2. The van der Waals surface area contributed by atoms with E-state index >= 15 is 0 Å². The maximum absolute atomic E-state index is 13.3. The Morgan fingerprint density at radius 1 is 1.00 bits per heavy atom. The number of halogens is 3. The molecule has 0 saturated carbocycles. The summed E-state index contributed by atoms with van der Waals surface area (Å²) in [5, 5.41) is 11.4. The summed E-state index contributed by atoms with van der Waals surface area (Å²) in [6.45, 7) is 5.88. The lowest BCUT2D eigenvalue weighted by molar-refractivity contribution is -0.274. The van der Waals surface area contributed by atoms with E-state index < -0.39 is 35.6 Å².